The molecule has 39 heavy (non-hydrogen) atoms. The minimum atomic E-state index is -3.72. The highest BCUT2D eigenvalue weighted by Crippen LogP contribution is 2.56. The van der Waals surface area contributed by atoms with E-state index in [4.69, 9.17) is 9.47 Å². The normalized spacial score (nSPS) is 27.6. The summed E-state index contributed by atoms with van der Waals surface area (Å²) in [5, 5.41) is 31.8. The quantitative estimate of drug-likeness (QED) is 0.328. The molecule has 2 aromatic carbocycles. The molecule has 1 unspecified atom stereocenters. The lowest BCUT2D eigenvalue weighted by Gasteiger charge is -2.32. The number of halogens is 2. The zero-order chi connectivity index (χ0) is 27.4. The Morgan fingerprint density at radius 2 is 1.92 bits per heavy atom. The number of hydrogen-bond acceptors (Lipinski definition) is 8. The summed E-state index contributed by atoms with van der Waals surface area (Å²) in [6.45, 7) is 1.92. The van der Waals surface area contributed by atoms with Crippen LogP contribution in [0.3, 0.4) is 0 Å². The predicted molar refractivity (Wildman–Crippen MR) is 135 cm³/mol. The lowest BCUT2D eigenvalue weighted by Crippen LogP contribution is -2.44. The monoisotopic (exact) mass is 538 g/mol. The summed E-state index contributed by atoms with van der Waals surface area (Å²) >= 11 is 0. The number of aromatic nitrogens is 4. The molecule has 1 aliphatic carbocycles. The van der Waals surface area contributed by atoms with Crippen LogP contribution in [0.1, 0.15) is 47.6 Å². The van der Waals surface area contributed by atoms with Gasteiger partial charge in [-0.3, -0.25) is 4.57 Å². The molecular formula is C28H28F2N4O5. The summed E-state index contributed by atoms with van der Waals surface area (Å²) in [6, 6.07) is 12.9. The van der Waals surface area contributed by atoms with Crippen molar-refractivity contribution < 1.29 is 33.6 Å². The van der Waals surface area contributed by atoms with Crippen LogP contribution in [0, 0.1) is 6.92 Å². The van der Waals surface area contributed by atoms with Crippen LogP contribution < -0.4 is 4.74 Å². The highest BCUT2D eigenvalue weighted by atomic mass is 19.3. The molecule has 204 valence electrons. The molecule has 4 aromatic rings. The molecule has 1 aliphatic heterocycles. The van der Waals surface area contributed by atoms with Gasteiger partial charge in [-0.1, -0.05) is 36.4 Å². The topological polar surface area (TPSA) is 123 Å². The van der Waals surface area contributed by atoms with Gasteiger partial charge >= 0.3 is 5.92 Å². The number of alkyl halides is 2. The summed E-state index contributed by atoms with van der Waals surface area (Å²) < 4.78 is 43.6. The van der Waals surface area contributed by atoms with Crippen LogP contribution in [-0.2, 0) is 16.8 Å². The molecule has 2 aliphatic rings. The second kappa shape index (κ2) is 9.60. The number of rotatable bonds is 7. The van der Waals surface area contributed by atoms with Crippen LogP contribution in [0.15, 0.2) is 61.2 Å². The third-order valence-corrected chi connectivity index (χ3v) is 7.74. The summed E-state index contributed by atoms with van der Waals surface area (Å²) in [6.07, 6.45) is -0.646. The van der Waals surface area contributed by atoms with Crippen LogP contribution in [-0.4, -0.2) is 59.6 Å². The first-order valence-corrected chi connectivity index (χ1v) is 12.8. The van der Waals surface area contributed by atoms with Crippen molar-refractivity contribution in [3.8, 4) is 5.75 Å². The maximum absolute atomic E-state index is 15.0. The fourth-order valence-electron chi connectivity index (χ4n) is 5.52. The molecule has 0 spiro atoms. The SMILES string of the molecule is Cc1ncnc2c1ncn2[C@H]1C[C@H](O)[C@@H](COc2cccc(CC[C@@]3(O)c4ccccc4C(O)C3(F)F)c2)O1. The van der Waals surface area contributed by atoms with Crippen molar-refractivity contribution in [2.24, 2.45) is 0 Å². The first kappa shape index (κ1) is 25.8. The van der Waals surface area contributed by atoms with Crippen molar-refractivity contribution in [2.45, 2.75) is 62.2 Å². The number of nitrogens with zero attached hydrogens (tertiary/aromatic N) is 4. The predicted octanol–water partition coefficient (Wildman–Crippen LogP) is 3.36. The largest absolute Gasteiger partial charge is 0.491 e. The van der Waals surface area contributed by atoms with Gasteiger partial charge in [0.2, 0.25) is 0 Å². The summed E-state index contributed by atoms with van der Waals surface area (Å²) in [5.74, 6) is -3.24. The zero-order valence-electron chi connectivity index (χ0n) is 21.1. The van der Waals surface area contributed by atoms with Crippen LogP contribution in [0.5, 0.6) is 5.75 Å². The smallest absolute Gasteiger partial charge is 0.309 e. The molecule has 2 aromatic heterocycles. The maximum Gasteiger partial charge on any atom is 0.309 e. The molecule has 0 radical (unpaired) electrons. The second-order valence-electron chi connectivity index (χ2n) is 10.1. The molecule has 3 heterocycles. The van der Waals surface area contributed by atoms with Gasteiger partial charge in [0.05, 0.1) is 18.1 Å². The molecule has 1 fully saturated rings. The molecule has 0 bridgehead atoms. The van der Waals surface area contributed by atoms with E-state index in [0.717, 1.165) is 5.69 Å². The molecule has 0 amide bonds. The van der Waals surface area contributed by atoms with Crippen molar-refractivity contribution in [1.29, 1.82) is 0 Å². The van der Waals surface area contributed by atoms with Crippen LogP contribution in [0.25, 0.3) is 11.2 Å². The number of ether oxygens (including phenoxy) is 2. The Morgan fingerprint density at radius 1 is 1.10 bits per heavy atom. The van der Waals surface area contributed by atoms with Crippen LogP contribution in [0.4, 0.5) is 8.78 Å². The number of aliphatic hydroxyl groups excluding tert-OH is 2. The Bertz CT molecular complexity index is 1510. The van der Waals surface area contributed by atoms with E-state index in [0.29, 0.717) is 28.9 Å². The third kappa shape index (κ3) is 4.26. The number of hydrogen-bond donors (Lipinski definition) is 3. The number of benzene rings is 2. The van der Waals surface area contributed by atoms with Gasteiger partial charge in [-0.05, 0) is 48.6 Å². The Balaban J connectivity index is 1.11. The van der Waals surface area contributed by atoms with Crippen molar-refractivity contribution in [2.75, 3.05) is 6.61 Å². The molecule has 5 atom stereocenters. The van der Waals surface area contributed by atoms with Gasteiger partial charge in [-0.15, -0.1) is 0 Å². The van der Waals surface area contributed by atoms with Crippen molar-refractivity contribution in [3.63, 3.8) is 0 Å². The molecule has 3 N–H and O–H groups in total. The molecule has 9 nitrogen and oxygen atoms in total. The van der Waals surface area contributed by atoms with E-state index in [9.17, 15) is 24.1 Å². The van der Waals surface area contributed by atoms with Gasteiger partial charge in [0.25, 0.3) is 0 Å². The van der Waals surface area contributed by atoms with Gasteiger partial charge in [-0.2, -0.15) is 8.78 Å². The Labute approximate surface area is 222 Å². The Hall–Kier alpha value is -3.51. The molecular weight excluding hydrogens is 510 g/mol. The zero-order valence-corrected chi connectivity index (χ0v) is 21.1. The van der Waals surface area contributed by atoms with E-state index in [-0.39, 0.29) is 30.6 Å². The third-order valence-electron chi connectivity index (χ3n) is 7.74. The minimum Gasteiger partial charge on any atom is -0.491 e. The lowest BCUT2D eigenvalue weighted by atomic mass is 9.86. The highest BCUT2D eigenvalue weighted by molar-refractivity contribution is 5.72. The van der Waals surface area contributed by atoms with E-state index < -0.39 is 36.1 Å². The van der Waals surface area contributed by atoms with E-state index in [1.807, 2.05) is 6.92 Å². The van der Waals surface area contributed by atoms with Gasteiger partial charge in [0, 0.05) is 6.42 Å². The van der Waals surface area contributed by atoms with Crippen molar-refractivity contribution in [1.82, 2.24) is 19.5 Å². The minimum absolute atomic E-state index is 0.0433. The average molecular weight is 539 g/mol. The van der Waals surface area contributed by atoms with Gasteiger partial charge in [0.1, 0.15) is 42.6 Å². The van der Waals surface area contributed by atoms with Crippen LogP contribution in [0.2, 0.25) is 0 Å². The number of imidazole rings is 1. The Morgan fingerprint density at radius 3 is 2.77 bits per heavy atom. The molecule has 11 heteroatoms. The van der Waals surface area contributed by atoms with E-state index in [2.05, 4.69) is 15.0 Å². The van der Waals surface area contributed by atoms with Crippen molar-refractivity contribution >= 4 is 11.2 Å². The molecule has 6 rings (SSSR count). The molecule has 0 saturated carbocycles. The van der Waals surface area contributed by atoms with Gasteiger partial charge in [-0.25, -0.2) is 15.0 Å². The maximum atomic E-state index is 15.0. The standard InChI is InChI=1S/C28H28F2N4O5/c1-16-24-26(32-14-31-16)34(15-33-24)23-12-21(35)22(39-23)13-38-18-6-4-5-17(11-18)9-10-27(37)20-8-3-2-7-19(20)25(36)28(27,29)30/h2-8,11,14-15,21-23,25,35-37H,9-10,12-13H2,1H3/t21-,22+,23+,25?,27+/m0/s1. The van der Waals surface area contributed by atoms with Gasteiger partial charge < -0.3 is 24.8 Å². The lowest BCUT2D eigenvalue weighted by molar-refractivity contribution is -0.226. The first-order valence-electron chi connectivity index (χ1n) is 12.8. The first-order chi connectivity index (χ1) is 18.7. The van der Waals surface area contributed by atoms with Gasteiger partial charge in [0.15, 0.2) is 11.2 Å². The van der Waals surface area contributed by atoms with Crippen molar-refractivity contribution in [3.05, 3.63) is 83.6 Å². The molecule has 1 saturated heterocycles. The Kier molecular flexibility index (Phi) is 6.34. The highest BCUT2D eigenvalue weighted by Gasteiger charge is 2.64. The summed E-state index contributed by atoms with van der Waals surface area (Å²) in [4.78, 5) is 12.8. The fourth-order valence-corrected chi connectivity index (χ4v) is 5.52. The average Bonchev–Trinajstić information content (AvgIpc) is 3.57. The van der Waals surface area contributed by atoms with E-state index >= 15 is 0 Å². The van der Waals surface area contributed by atoms with Crippen LogP contribution >= 0.6 is 0 Å². The van der Waals surface area contributed by atoms with E-state index in [1.165, 1.54) is 18.5 Å². The van der Waals surface area contributed by atoms with E-state index in [1.54, 1.807) is 47.3 Å². The second-order valence-corrected chi connectivity index (χ2v) is 10.1. The number of aliphatic hydroxyl groups is 3. The number of aryl methyl sites for hydroxylation is 2. The fraction of sp³-hybridized carbons (Fsp3) is 0.393. The number of fused-ring (bicyclic) bond motifs is 2. The summed E-state index contributed by atoms with van der Waals surface area (Å²) in [5.41, 5.74) is 0.328. The summed E-state index contributed by atoms with van der Waals surface area (Å²) in [7, 11) is 0.